The third-order valence-electron chi connectivity index (χ3n) is 3.35. The molecule has 0 radical (unpaired) electrons. The van der Waals surface area contributed by atoms with Crippen molar-refractivity contribution in [1.29, 1.82) is 0 Å². The average molecular weight is 322 g/mol. The summed E-state index contributed by atoms with van der Waals surface area (Å²) in [5, 5.41) is 0. The van der Waals surface area contributed by atoms with Crippen molar-refractivity contribution in [2.75, 3.05) is 26.4 Å². The van der Waals surface area contributed by atoms with Gasteiger partial charge in [0.05, 0.1) is 50.8 Å². The number of halogens is 4. The van der Waals surface area contributed by atoms with E-state index in [1.54, 1.807) is 0 Å². The Morgan fingerprint density at radius 1 is 0.727 bits per heavy atom. The molecular formula is C14H14F4O4. The molecule has 0 saturated carbocycles. The molecule has 0 aliphatic carbocycles. The standard InChI is InChI=1S/C14H14F4O4/c15-11-9(5-19-1-7-3-21-7)12(16)14(18)10(13(11)17)6-20-2-8-4-22-8/h7-8H,1-6H2. The maximum Gasteiger partial charge on any atom is 0.167 e. The average Bonchev–Trinajstić information content (AvgIpc) is 3.38. The Labute approximate surface area is 123 Å². The van der Waals surface area contributed by atoms with Gasteiger partial charge in [0.1, 0.15) is 12.2 Å². The van der Waals surface area contributed by atoms with Gasteiger partial charge in [-0.05, 0) is 0 Å². The summed E-state index contributed by atoms with van der Waals surface area (Å²) in [5.74, 6) is -5.84. The van der Waals surface area contributed by atoms with E-state index in [-0.39, 0.29) is 25.4 Å². The molecule has 2 heterocycles. The molecule has 2 atom stereocenters. The first-order valence-electron chi connectivity index (χ1n) is 6.80. The third kappa shape index (κ3) is 3.57. The quantitative estimate of drug-likeness (QED) is 0.417. The van der Waals surface area contributed by atoms with E-state index in [9.17, 15) is 17.6 Å². The van der Waals surface area contributed by atoms with Crippen molar-refractivity contribution in [3.63, 3.8) is 0 Å². The van der Waals surface area contributed by atoms with Crippen LogP contribution in [0.3, 0.4) is 0 Å². The van der Waals surface area contributed by atoms with Crippen LogP contribution in [0.4, 0.5) is 17.6 Å². The first kappa shape index (κ1) is 15.7. The first-order valence-corrected chi connectivity index (χ1v) is 6.80. The number of hydrogen-bond donors (Lipinski definition) is 0. The minimum absolute atomic E-state index is 0.113. The minimum Gasteiger partial charge on any atom is -0.374 e. The van der Waals surface area contributed by atoms with Gasteiger partial charge in [0.15, 0.2) is 23.3 Å². The smallest absolute Gasteiger partial charge is 0.167 e. The maximum atomic E-state index is 13.9. The molecule has 122 valence electrons. The van der Waals surface area contributed by atoms with Gasteiger partial charge in [-0.2, -0.15) is 0 Å². The van der Waals surface area contributed by atoms with Crippen molar-refractivity contribution in [3.8, 4) is 0 Å². The molecule has 0 amide bonds. The van der Waals surface area contributed by atoms with E-state index in [4.69, 9.17) is 18.9 Å². The van der Waals surface area contributed by atoms with Gasteiger partial charge in [0.2, 0.25) is 0 Å². The van der Waals surface area contributed by atoms with Crippen molar-refractivity contribution < 1.29 is 36.5 Å². The Morgan fingerprint density at radius 3 is 1.32 bits per heavy atom. The normalized spacial score (nSPS) is 22.9. The van der Waals surface area contributed by atoms with E-state index in [0.717, 1.165) is 0 Å². The molecular weight excluding hydrogens is 308 g/mol. The summed E-state index contributed by atoms with van der Waals surface area (Å²) in [6.07, 6.45) is -0.226. The van der Waals surface area contributed by atoms with Crippen molar-refractivity contribution in [2.24, 2.45) is 0 Å². The van der Waals surface area contributed by atoms with Gasteiger partial charge in [-0.15, -0.1) is 0 Å². The number of epoxide rings is 2. The van der Waals surface area contributed by atoms with Crippen molar-refractivity contribution >= 4 is 0 Å². The molecule has 2 aliphatic heterocycles. The van der Waals surface area contributed by atoms with Gasteiger partial charge >= 0.3 is 0 Å². The van der Waals surface area contributed by atoms with E-state index in [1.807, 2.05) is 0 Å². The lowest BCUT2D eigenvalue weighted by Gasteiger charge is -2.12. The van der Waals surface area contributed by atoms with E-state index in [1.165, 1.54) is 0 Å². The van der Waals surface area contributed by atoms with Gasteiger partial charge in [-0.3, -0.25) is 0 Å². The number of benzene rings is 1. The molecule has 2 saturated heterocycles. The third-order valence-corrected chi connectivity index (χ3v) is 3.35. The summed E-state index contributed by atoms with van der Waals surface area (Å²) in [6, 6.07) is 0. The van der Waals surface area contributed by atoms with Gasteiger partial charge in [0.25, 0.3) is 0 Å². The SMILES string of the molecule is Fc1c(F)c(COCC2CO2)c(F)c(F)c1COCC1CO1. The lowest BCUT2D eigenvalue weighted by molar-refractivity contribution is 0.0933. The monoisotopic (exact) mass is 322 g/mol. The summed E-state index contributed by atoms with van der Waals surface area (Å²) in [4.78, 5) is 0. The molecule has 0 spiro atoms. The van der Waals surface area contributed by atoms with Crippen LogP contribution in [0.2, 0.25) is 0 Å². The highest BCUT2D eigenvalue weighted by Gasteiger charge is 2.28. The molecule has 0 bridgehead atoms. The maximum absolute atomic E-state index is 13.9. The molecule has 4 nitrogen and oxygen atoms in total. The number of rotatable bonds is 8. The number of ether oxygens (including phenoxy) is 4. The lowest BCUT2D eigenvalue weighted by atomic mass is 10.1. The molecule has 8 heteroatoms. The minimum atomic E-state index is -1.46. The van der Waals surface area contributed by atoms with Crippen LogP contribution < -0.4 is 0 Å². The van der Waals surface area contributed by atoms with Crippen molar-refractivity contribution in [2.45, 2.75) is 25.4 Å². The first-order chi connectivity index (χ1) is 10.6. The molecule has 0 N–H and O–H groups in total. The van der Waals surface area contributed by atoms with Gasteiger partial charge in [-0.25, -0.2) is 17.6 Å². The Bertz CT molecular complexity index is 480. The van der Waals surface area contributed by atoms with Crippen molar-refractivity contribution in [1.82, 2.24) is 0 Å². The molecule has 3 rings (SSSR count). The highest BCUT2D eigenvalue weighted by Crippen LogP contribution is 2.26. The zero-order valence-electron chi connectivity index (χ0n) is 11.5. The summed E-state index contributed by atoms with van der Waals surface area (Å²) >= 11 is 0. The fraction of sp³-hybridized carbons (Fsp3) is 0.571. The van der Waals surface area contributed by atoms with E-state index in [0.29, 0.717) is 13.2 Å². The summed E-state index contributed by atoms with van der Waals surface area (Å²) in [6.45, 7) is 0.122. The fourth-order valence-electron chi connectivity index (χ4n) is 1.89. The van der Waals surface area contributed by atoms with E-state index >= 15 is 0 Å². The van der Waals surface area contributed by atoms with Crippen LogP contribution in [0.5, 0.6) is 0 Å². The highest BCUT2D eigenvalue weighted by molar-refractivity contribution is 5.29. The largest absolute Gasteiger partial charge is 0.374 e. The van der Waals surface area contributed by atoms with Gasteiger partial charge in [-0.1, -0.05) is 0 Å². The molecule has 2 fully saturated rings. The van der Waals surface area contributed by atoms with E-state index in [2.05, 4.69) is 0 Å². The predicted molar refractivity (Wildman–Crippen MR) is 65.1 cm³/mol. The second-order valence-electron chi connectivity index (χ2n) is 5.15. The van der Waals surface area contributed by atoms with Gasteiger partial charge in [0, 0.05) is 0 Å². The second kappa shape index (κ2) is 6.49. The van der Waals surface area contributed by atoms with Crippen LogP contribution in [-0.2, 0) is 32.2 Å². The molecule has 0 aromatic heterocycles. The second-order valence-corrected chi connectivity index (χ2v) is 5.15. The Kier molecular flexibility index (Phi) is 4.62. The van der Waals surface area contributed by atoms with Gasteiger partial charge < -0.3 is 18.9 Å². The van der Waals surface area contributed by atoms with Crippen LogP contribution in [0.1, 0.15) is 11.1 Å². The molecule has 1 aromatic carbocycles. The molecule has 2 unspecified atom stereocenters. The van der Waals surface area contributed by atoms with Crippen LogP contribution in [0, 0.1) is 23.3 Å². The van der Waals surface area contributed by atoms with Crippen LogP contribution >= 0.6 is 0 Å². The zero-order valence-corrected chi connectivity index (χ0v) is 11.5. The lowest BCUT2D eigenvalue weighted by Crippen LogP contribution is -2.13. The van der Waals surface area contributed by atoms with Crippen LogP contribution in [0.15, 0.2) is 0 Å². The Morgan fingerprint density at radius 2 is 1.05 bits per heavy atom. The van der Waals surface area contributed by atoms with Crippen LogP contribution in [-0.4, -0.2) is 38.6 Å². The summed E-state index contributed by atoms with van der Waals surface area (Å²) < 4.78 is 75.2. The van der Waals surface area contributed by atoms with Crippen molar-refractivity contribution in [3.05, 3.63) is 34.4 Å². The summed E-state index contributed by atoms with van der Waals surface area (Å²) in [7, 11) is 0. The molecule has 1 aromatic rings. The molecule has 22 heavy (non-hydrogen) atoms. The fourth-order valence-corrected chi connectivity index (χ4v) is 1.89. The zero-order chi connectivity index (χ0) is 15.7. The van der Waals surface area contributed by atoms with E-state index < -0.39 is 47.6 Å². The molecule has 2 aliphatic rings. The Balaban J connectivity index is 1.69. The topological polar surface area (TPSA) is 43.5 Å². The predicted octanol–water partition coefficient (Wildman–Crippen LogP) is 2.07. The highest BCUT2D eigenvalue weighted by atomic mass is 19.2. The van der Waals surface area contributed by atoms with Crippen LogP contribution in [0.25, 0.3) is 0 Å². The summed E-state index contributed by atoms with van der Waals surface area (Å²) in [5.41, 5.74) is -1.55. The Hall–Kier alpha value is -1.22. The number of hydrogen-bond acceptors (Lipinski definition) is 4.